The van der Waals surface area contributed by atoms with Gasteiger partial charge in [0.05, 0.1) is 0 Å². The summed E-state index contributed by atoms with van der Waals surface area (Å²) in [6.07, 6.45) is -6.17. The molecule has 1 aromatic rings. The van der Waals surface area contributed by atoms with Crippen LogP contribution in [0.4, 0.5) is 18.0 Å². The molecule has 0 amide bonds. The lowest BCUT2D eigenvalue weighted by Gasteiger charge is -2.19. The van der Waals surface area contributed by atoms with E-state index < -0.39 is 34.7 Å². The number of carbonyl (C=O) groups is 1. The monoisotopic (exact) mass is 280 g/mol. The summed E-state index contributed by atoms with van der Waals surface area (Å²) < 4.78 is 42.2. The van der Waals surface area contributed by atoms with Crippen LogP contribution in [0.5, 0.6) is 0 Å². The molecule has 0 unspecified atom stereocenters. The van der Waals surface area contributed by atoms with Gasteiger partial charge in [0.2, 0.25) is 0 Å². The number of ether oxygens (including phenoxy) is 1. The summed E-state index contributed by atoms with van der Waals surface area (Å²) in [5.41, 5.74) is -5.56. The normalized spacial score (nSPS) is 12.3. The molecule has 0 radical (unpaired) electrons. The van der Waals surface area contributed by atoms with Gasteiger partial charge >= 0.3 is 18.0 Å². The van der Waals surface area contributed by atoms with Gasteiger partial charge in [-0.3, -0.25) is 9.78 Å². The van der Waals surface area contributed by atoms with Gasteiger partial charge in [-0.25, -0.2) is 14.2 Å². The van der Waals surface area contributed by atoms with Crippen molar-refractivity contribution in [1.29, 1.82) is 0 Å². The second-order valence-corrected chi connectivity index (χ2v) is 4.65. The highest BCUT2D eigenvalue weighted by atomic mass is 19.4. The van der Waals surface area contributed by atoms with Crippen LogP contribution in [0.15, 0.2) is 15.8 Å². The van der Waals surface area contributed by atoms with Gasteiger partial charge in [0.25, 0.3) is 5.56 Å². The molecular formula is C10H11F3N2O4. The van der Waals surface area contributed by atoms with Crippen molar-refractivity contribution >= 4 is 6.09 Å². The molecule has 0 atom stereocenters. The number of nitrogens with one attached hydrogen (secondary N) is 1. The fraction of sp³-hybridized carbons (Fsp3) is 0.500. The number of aromatic amines is 1. The molecule has 0 aliphatic heterocycles. The average Bonchev–Trinajstić information content (AvgIpc) is 2.11. The first kappa shape index (κ1) is 15.0. The van der Waals surface area contributed by atoms with Crippen LogP contribution in [-0.2, 0) is 10.9 Å². The van der Waals surface area contributed by atoms with Crippen molar-refractivity contribution < 1.29 is 22.7 Å². The summed E-state index contributed by atoms with van der Waals surface area (Å²) in [6, 6.07) is 0. The average molecular weight is 280 g/mol. The fourth-order valence-electron chi connectivity index (χ4n) is 1.12. The summed E-state index contributed by atoms with van der Waals surface area (Å²) >= 11 is 0. The maximum Gasteiger partial charge on any atom is 0.423 e. The molecule has 1 N–H and O–H groups in total. The minimum atomic E-state index is -4.98. The molecule has 0 aliphatic carbocycles. The standard InChI is InChI=1S/C10H11F3N2O4/c1-9(2,3)19-8(18)15-4-5(10(11,12)13)6(16)14-7(15)17/h4H,1-3H3,(H,14,16,17). The molecule has 0 saturated heterocycles. The molecule has 1 rings (SSSR count). The van der Waals surface area contributed by atoms with Crippen LogP contribution < -0.4 is 11.2 Å². The Balaban J connectivity index is 3.35. The molecular weight excluding hydrogens is 269 g/mol. The van der Waals surface area contributed by atoms with E-state index >= 15 is 0 Å². The minimum absolute atomic E-state index is 0.0650. The molecule has 0 aromatic carbocycles. The number of carbonyl (C=O) groups excluding carboxylic acids is 1. The van der Waals surface area contributed by atoms with E-state index in [4.69, 9.17) is 4.74 Å². The molecule has 0 aliphatic rings. The Labute approximate surface area is 104 Å². The number of aromatic nitrogens is 2. The molecule has 0 spiro atoms. The van der Waals surface area contributed by atoms with E-state index in [1.165, 1.54) is 25.8 Å². The number of H-pyrrole nitrogens is 1. The third-order valence-electron chi connectivity index (χ3n) is 1.84. The predicted octanol–water partition coefficient (Wildman–Crippen LogP) is 1.34. The predicted molar refractivity (Wildman–Crippen MR) is 58.0 cm³/mol. The molecule has 1 heterocycles. The quantitative estimate of drug-likeness (QED) is 0.777. The Bertz CT molecular complexity index is 607. The minimum Gasteiger partial charge on any atom is -0.443 e. The Hall–Kier alpha value is -2.06. The number of nitrogens with zero attached hydrogens (tertiary/aromatic N) is 1. The fourth-order valence-corrected chi connectivity index (χ4v) is 1.12. The van der Waals surface area contributed by atoms with Gasteiger partial charge in [-0.15, -0.1) is 0 Å². The summed E-state index contributed by atoms with van der Waals surface area (Å²) in [7, 11) is 0. The number of rotatable bonds is 0. The number of alkyl halides is 3. The lowest BCUT2D eigenvalue weighted by Crippen LogP contribution is -2.40. The van der Waals surface area contributed by atoms with Gasteiger partial charge in [0.1, 0.15) is 11.2 Å². The SMILES string of the molecule is CC(C)(C)OC(=O)n1cc(C(F)(F)F)c(=O)[nH]c1=O. The van der Waals surface area contributed by atoms with Gasteiger partial charge in [-0.1, -0.05) is 0 Å². The third-order valence-corrected chi connectivity index (χ3v) is 1.84. The van der Waals surface area contributed by atoms with Crippen LogP contribution in [0.25, 0.3) is 0 Å². The van der Waals surface area contributed by atoms with Crippen molar-refractivity contribution in [3.05, 3.63) is 32.6 Å². The molecule has 6 nitrogen and oxygen atoms in total. The Morgan fingerprint density at radius 3 is 2.21 bits per heavy atom. The van der Waals surface area contributed by atoms with Crippen molar-refractivity contribution in [2.75, 3.05) is 0 Å². The maximum absolute atomic E-state index is 12.5. The topological polar surface area (TPSA) is 81.2 Å². The summed E-state index contributed by atoms with van der Waals surface area (Å²) in [5, 5.41) is 0. The zero-order valence-corrected chi connectivity index (χ0v) is 10.3. The van der Waals surface area contributed by atoms with Crippen LogP contribution in [0.1, 0.15) is 26.3 Å². The lowest BCUT2D eigenvalue weighted by molar-refractivity contribution is -0.139. The van der Waals surface area contributed by atoms with E-state index in [1.54, 1.807) is 0 Å². The second-order valence-electron chi connectivity index (χ2n) is 4.65. The Morgan fingerprint density at radius 1 is 1.26 bits per heavy atom. The van der Waals surface area contributed by atoms with Gasteiger partial charge in [-0.2, -0.15) is 13.2 Å². The molecule has 0 bridgehead atoms. The molecule has 106 valence electrons. The van der Waals surface area contributed by atoms with E-state index in [9.17, 15) is 27.6 Å². The first-order valence-corrected chi connectivity index (χ1v) is 5.08. The van der Waals surface area contributed by atoms with Crippen LogP contribution in [0.3, 0.4) is 0 Å². The summed E-state index contributed by atoms with van der Waals surface area (Å²) in [4.78, 5) is 35.2. The number of halogens is 3. The van der Waals surface area contributed by atoms with Crippen LogP contribution in [-0.4, -0.2) is 21.2 Å². The van der Waals surface area contributed by atoms with Crippen LogP contribution in [0, 0.1) is 0 Å². The largest absolute Gasteiger partial charge is 0.443 e. The Morgan fingerprint density at radius 2 is 1.79 bits per heavy atom. The summed E-state index contributed by atoms with van der Waals surface area (Å²) in [6.45, 7) is 4.44. The first-order chi connectivity index (χ1) is 8.42. The first-order valence-electron chi connectivity index (χ1n) is 5.08. The Kier molecular flexibility index (Phi) is 3.60. The van der Waals surface area contributed by atoms with E-state index in [0.717, 1.165) is 0 Å². The molecule has 0 fully saturated rings. The lowest BCUT2D eigenvalue weighted by atomic mass is 10.2. The van der Waals surface area contributed by atoms with Crippen molar-refractivity contribution in [2.24, 2.45) is 0 Å². The van der Waals surface area contributed by atoms with E-state index in [2.05, 4.69) is 0 Å². The van der Waals surface area contributed by atoms with Crippen LogP contribution in [0.2, 0.25) is 0 Å². The van der Waals surface area contributed by atoms with Crippen molar-refractivity contribution in [3.63, 3.8) is 0 Å². The molecule has 9 heteroatoms. The smallest absolute Gasteiger partial charge is 0.423 e. The molecule has 1 aromatic heterocycles. The van der Waals surface area contributed by atoms with Gasteiger partial charge in [0.15, 0.2) is 0 Å². The zero-order chi connectivity index (χ0) is 15.0. The van der Waals surface area contributed by atoms with Crippen molar-refractivity contribution in [2.45, 2.75) is 32.5 Å². The zero-order valence-electron chi connectivity index (χ0n) is 10.3. The van der Waals surface area contributed by atoms with E-state index in [1.807, 2.05) is 0 Å². The third kappa shape index (κ3) is 3.70. The highest BCUT2D eigenvalue weighted by Crippen LogP contribution is 2.25. The van der Waals surface area contributed by atoms with E-state index in [0.29, 0.717) is 0 Å². The van der Waals surface area contributed by atoms with E-state index in [-0.39, 0.29) is 10.8 Å². The second kappa shape index (κ2) is 4.56. The highest BCUT2D eigenvalue weighted by molar-refractivity contribution is 5.70. The number of hydrogen-bond donors (Lipinski definition) is 1. The summed E-state index contributed by atoms with van der Waals surface area (Å²) in [5.74, 6) is 0. The van der Waals surface area contributed by atoms with Gasteiger partial charge in [-0.05, 0) is 20.8 Å². The maximum atomic E-state index is 12.5. The van der Waals surface area contributed by atoms with Gasteiger partial charge in [0, 0.05) is 6.20 Å². The number of hydrogen-bond acceptors (Lipinski definition) is 4. The highest BCUT2D eigenvalue weighted by Gasteiger charge is 2.35. The van der Waals surface area contributed by atoms with Crippen molar-refractivity contribution in [3.8, 4) is 0 Å². The molecule has 19 heavy (non-hydrogen) atoms. The van der Waals surface area contributed by atoms with Gasteiger partial charge < -0.3 is 4.74 Å². The van der Waals surface area contributed by atoms with Crippen molar-refractivity contribution in [1.82, 2.24) is 9.55 Å². The van der Waals surface area contributed by atoms with Crippen LogP contribution >= 0.6 is 0 Å². The molecule has 0 saturated carbocycles.